The summed E-state index contributed by atoms with van der Waals surface area (Å²) in [5, 5.41) is 6.00. The summed E-state index contributed by atoms with van der Waals surface area (Å²) >= 11 is 1.62. The molecular formula is C16H21N3OS. The minimum Gasteiger partial charge on any atom is -0.351 e. The molecular weight excluding hydrogens is 282 g/mol. The van der Waals surface area contributed by atoms with Gasteiger partial charge in [-0.15, -0.1) is 11.3 Å². The van der Waals surface area contributed by atoms with E-state index in [1.807, 2.05) is 38.3 Å². The van der Waals surface area contributed by atoms with E-state index in [1.54, 1.807) is 23.7 Å². The molecule has 2 rings (SSSR count). The number of aromatic nitrogens is 2. The van der Waals surface area contributed by atoms with E-state index in [9.17, 15) is 4.79 Å². The second-order valence-corrected chi connectivity index (χ2v) is 7.01. The quantitative estimate of drug-likeness (QED) is 0.924. The highest BCUT2D eigenvalue weighted by Crippen LogP contribution is 2.13. The first-order valence-electron chi connectivity index (χ1n) is 7.05. The Balaban J connectivity index is 1.85. The smallest absolute Gasteiger partial charge is 0.226 e. The molecule has 0 aliphatic carbocycles. The van der Waals surface area contributed by atoms with Crippen LogP contribution in [0.15, 0.2) is 29.9 Å². The van der Waals surface area contributed by atoms with Crippen LogP contribution in [-0.2, 0) is 24.1 Å². The molecule has 0 spiro atoms. The van der Waals surface area contributed by atoms with Gasteiger partial charge in [0.15, 0.2) is 0 Å². The number of nitrogens with zero attached hydrogens (tertiary/aromatic N) is 2. The van der Waals surface area contributed by atoms with Crippen molar-refractivity contribution >= 4 is 17.2 Å². The van der Waals surface area contributed by atoms with Crippen molar-refractivity contribution in [3.8, 4) is 0 Å². The molecule has 0 fully saturated rings. The van der Waals surface area contributed by atoms with Gasteiger partial charge in [-0.1, -0.05) is 0 Å². The minimum atomic E-state index is -0.197. The van der Waals surface area contributed by atoms with Gasteiger partial charge in [0, 0.05) is 29.7 Å². The van der Waals surface area contributed by atoms with Crippen molar-refractivity contribution in [1.29, 1.82) is 0 Å². The predicted molar refractivity (Wildman–Crippen MR) is 85.4 cm³/mol. The molecule has 0 saturated carbocycles. The Hall–Kier alpha value is -1.75. The fourth-order valence-electron chi connectivity index (χ4n) is 1.97. The first-order valence-corrected chi connectivity index (χ1v) is 7.93. The standard InChI is InChI=1S/C16H21N3OS/c1-16(2,3)19-14(20)10-13-11-21-15(18-13)5-4-12-6-8-17-9-7-12/h6-9,11H,4-5,10H2,1-3H3,(H,19,20). The highest BCUT2D eigenvalue weighted by molar-refractivity contribution is 7.09. The number of amides is 1. The molecule has 0 unspecified atom stereocenters. The summed E-state index contributed by atoms with van der Waals surface area (Å²) < 4.78 is 0. The number of carbonyl (C=O) groups excluding carboxylic acids is 1. The van der Waals surface area contributed by atoms with Crippen LogP contribution in [0.1, 0.15) is 37.0 Å². The van der Waals surface area contributed by atoms with E-state index in [-0.39, 0.29) is 11.4 Å². The van der Waals surface area contributed by atoms with Gasteiger partial charge in [-0.3, -0.25) is 9.78 Å². The van der Waals surface area contributed by atoms with Crippen molar-refractivity contribution in [3.05, 3.63) is 46.2 Å². The van der Waals surface area contributed by atoms with Gasteiger partial charge < -0.3 is 5.32 Å². The van der Waals surface area contributed by atoms with Crippen molar-refractivity contribution in [2.75, 3.05) is 0 Å². The van der Waals surface area contributed by atoms with E-state index in [2.05, 4.69) is 15.3 Å². The summed E-state index contributed by atoms with van der Waals surface area (Å²) in [7, 11) is 0. The van der Waals surface area contributed by atoms with Crippen LogP contribution in [0.25, 0.3) is 0 Å². The second-order valence-electron chi connectivity index (χ2n) is 6.06. The van der Waals surface area contributed by atoms with E-state index in [1.165, 1.54) is 5.56 Å². The fourth-order valence-corrected chi connectivity index (χ4v) is 2.77. The number of thiazole rings is 1. The fraction of sp³-hybridized carbons (Fsp3) is 0.438. The Labute approximate surface area is 129 Å². The zero-order valence-electron chi connectivity index (χ0n) is 12.7. The molecule has 112 valence electrons. The predicted octanol–water partition coefficient (Wildman–Crippen LogP) is 2.78. The third-order valence-electron chi connectivity index (χ3n) is 2.83. The molecule has 21 heavy (non-hydrogen) atoms. The highest BCUT2D eigenvalue weighted by atomic mass is 32.1. The Morgan fingerprint density at radius 2 is 1.95 bits per heavy atom. The summed E-state index contributed by atoms with van der Waals surface area (Å²) in [6, 6.07) is 4.04. The van der Waals surface area contributed by atoms with Crippen LogP contribution in [0, 0.1) is 0 Å². The first-order chi connectivity index (χ1) is 9.92. The molecule has 5 heteroatoms. The lowest BCUT2D eigenvalue weighted by molar-refractivity contribution is -0.121. The SMILES string of the molecule is CC(C)(C)NC(=O)Cc1csc(CCc2ccncc2)n1. The van der Waals surface area contributed by atoms with Crippen LogP contribution in [0.2, 0.25) is 0 Å². The molecule has 0 aliphatic rings. The molecule has 1 amide bonds. The molecule has 0 atom stereocenters. The maximum absolute atomic E-state index is 11.9. The monoisotopic (exact) mass is 303 g/mol. The van der Waals surface area contributed by atoms with Crippen LogP contribution in [0.4, 0.5) is 0 Å². The van der Waals surface area contributed by atoms with Crippen molar-refractivity contribution in [3.63, 3.8) is 0 Å². The van der Waals surface area contributed by atoms with Crippen LogP contribution in [0.5, 0.6) is 0 Å². The molecule has 0 radical (unpaired) electrons. The minimum absolute atomic E-state index is 0.0217. The number of hydrogen-bond donors (Lipinski definition) is 1. The van der Waals surface area contributed by atoms with Crippen LogP contribution in [-0.4, -0.2) is 21.4 Å². The zero-order chi connectivity index (χ0) is 15.3. The topological polar surface area (TPSA) is 54.9 Å². The number of rotatable bonds is 5. The summed E-state index contributed by atoms with van der Waals surface area (Å²) in [6.07, 6.45) is 5.81. The van der Waals surface area contributed by atoms with E-state index < -0.39 is 0 Å². The summed E-state index contributed by atoms with van der Waals surface area (Å²) in [5.41, 5.74) is 1.91. The summed E-state index contributed by atoms with van der Waals surface area (Å²) in [6.45, 7) is 5.93. The molecule has 2 aromatic rings. The normalized spacial score (nSPS) is 11.4. The van der Waals surface area contributed by atoms with E-state index >= 15 is 0 Å². The van der Waals surface area contributed by atoms with E-state index in [4.69, 9.17) is 0 Å². The van der Waals surface area contributed by atoms with Crippen molar-refractivity contribution in [2.24, 2.45) is 0 Å². The molecule has 2 heterocycles. The van der Waals surface area contributed by atoms with Crippen LogP contribution in [0.3, 0.4) is 0 Å². The summed E-state index contributed by atoms with van der Waals surface area (Å²) in [4.78, 5) is 20.4. The van der Waals surface area contributed by atoms with Gasteiger partial charge in [-0.25, -0.2) is 4.98 Å². The van der Waals surface area contributed by atoms with Crippen LogP contribution < -0.4 is 5.32 Å². The van der Waals surface area contributed by atoms with Crippen molar-refractivity contribution < 1.29 is 4.79 Å². The largest absolute Gasteiger partial charge is 0.351 e. The third kappa shape index (κ3) is 5.63. The van der Waals surface area contributed by atoms with Gasteiger partial charge in [0.2, 0.25) is 5.91 Å². The van der Waals surface area contributed by atoms with Crippen molar-refractivity contribution in [1.82, 2.24) is 15.3 Å². The first kappa shape index (κ1) is 15.6. The maximum Gasteiger partial charge on any atom is 0.226 e. The van der Waals surface area contributed by atoms with E-state index in [0.29, 0.717) is 6.42 Å². The van der Waals surface area contributed by atoms with Gasteiger partial charge in [0.05, 0.1) is 17.1 Å². The lowest BCUT2D eigenvalue weighted by Gasteiger charge is -2.20. The maximum atomic E-state index is 11.9. The molecule has 0 bridgehead atoms. The molecule has 0 aromatic carbocycles. The lowest BCUT2D eigenvalue weighted by Crippen LogP contribution is -2.41. The van der Waals surface area contributed by atoms with Gasteiger partial charge in [0.1, 0.15) is 0 Å². The zero-order valence-corrected chi connectivity index (χ0v) is 13.5. The van der Waals surface area contributed by atoms with Crippen molar-refractivity contribution in [2.45, 2.75) is 45.6 Å². The van der Waals surface area contributed by atoms with E-state index in [0.717, 1.165) is 23.5 Å². The van der Waals surface area contributed by atoms with Crippen LogP contribution >= 0.6 is 11.3 Å². The molecule has 4 nitrogen and oxygen atoms in total. The second kappa shape index (κ2) is 6.80. The summed E-state index contributed by atoms with van der Waals surface area (Å²) in [5.74, 6) is 0.0217. The Morgan fingerprint density at radius 1 is 1.24 bits per heavy atom. The molecule has 0 saturated heterocycles. The van der Waals surface area contributed by atoms with Gasteiger partial charge in [-0.2, -0.15) is 0 Å². The average Bonchev–Trinajstić information content (AvgIpc) is 2.83. The Morgan fingerprint density at radius 3 is 2.62 bits per heavy atom. The highest BCUT2D eigenvalue weighted by Gasteiger charge is 2.15. The number of aryl methyl sites for hydroxylation is 2. The number of hydrogen-bond acceptors (Lipinski definition) is 4. The van der Waals surface area contributed by atoms with Gasteiger partial charge in [0.25, 0.3) is 0 Å². The third-order valence-corrected chi connectivity index (χ3v) is 3.79. The number of carbonyl (C=O) groups is 1. The Kier molecular flexibility index (Phi) is 5.07. The molecule has 1 N–H and O–H groups in total. The number of nitrogens with one attached hydrogen (secondary N) is 1. The lowest BCUT2D eigenvalue weighted by atomic mass is 10.1. The molecule has 0 aliphatic heterocycles. The van der Waals surface area contributed by atoms with Gasteiger partial charge >= 0.3 is 0 Å². The number of pyridine rings is 1. The Bertz CT molecular complexity index is 587. The van der Waals surface area contributed by atoms with Gasteiger partial charge in [-0.05, 0) is 44.9 Å². The average molecular weight is 303 g/mol. The molecule has 2 aromatic heterocycles.